The summed E-state index contributed by atoms with van der Waals surface area (Å²) in [5, 5.41) is 10.8. The Hall–Kier alpha value is -3.12. The van der Waals surface area contributed by atoms with E-state index < -0.39 is 16.0 Å². The van der Waals surface area contributed by atoms with Crippen molar-refractivity contribution in [2.45, 2.75) is 11.3 Å². The molecule has 0 spiro atoms. The third-order valence-electron chi connectivity index (χ3n) is 4.45. The number of carboxylic acids is 1. The highest BCUT2D eigenvalue weighted by Crippen LogP contribution is 2.38. The molecule has 0 fully saturated rings. The summed E-state index contributed by atoms with van der Waals surface area (Å²) in [4.78, 5) is 10.8. The highest BCUT2D eigenvalue weighted by atomic mass is 32.2. The Morgan fingerprint density at radius 2 is 1.58 bits per heavy atom. The van der Waals surface area contributed by atoms with Crippen LogP contribution in [0.15, 0.2) is 71.6 Å². The SMILES string of the molecule is O=C([O-])c1ccc(S(=O)(=O)Nc2ccc3c(c2)-c2ccccc2C3)cc1. The first-order valence-electron chi connectivity index (χ1n) is 7.99. The fourth-order valence-corrected chi connectivity index (χ4v) is 4.22. The maximum Gasteiger partial charge on any atom is 0.261 e. The Balaban J connectivity index is 1.65. The molecule has 1 N–H and O–H groups in total. The zero-order valence-electron chi connectivity index (χ0n) is 13.6. The van der Waals surface area contributed by atoms with E-state index in [9.17, 15) is 18.3 Å². The molecule has 0 heterocycles. The van der Waals surface area contributed by atoms with Crippen molar-refractivity contribution in [1.82, 2.24) is 0 Å². The zero-order valence-corrected chi connectivity index (χ0v) is 14.4. The second kappa shape index (κ2) is 6.00. The summed E-state index contributed by atoms with van der Waals surface area (Å²) in [5.41, 5.74) is 4.91. The molecule has 0 amide bonds. The van der Waals surface area contributed by atoms with E-state index in [2.05, 4.69) is 10.8 Å². The number of fused-ring (bicyclic) bond motifs is 3. The van der Waals surface area contributed by atoms with Crippen molar-refractivity contribution in [2.24, 2.45) is 0 Å². The van der Waals surface area contributed by atoms with Crippen molar-refractivity contribution in [3.8, 4) is 11.1 Å². The average molecular weight is 364 g/mol. The van der Waals surface area contributed by atoms with Gasteiger partial charge in [0.15, 0.2) is 0 Å². The lowest BCUT2D eigenvalue weighted by Crippen LogP contribution is -2.22. The van der Waals surface area contributed by atoms with Gasteiger partial charge in [-0.15, -0.1) is 0 Å². The van der Waals surface area contributed by atoms with Crippen LogP contribution in [-0.2, 0) is 16.4 Å². The van der Waals surface area contributed by atoms with Gasteiger partial charge in [-0.1, -0.05) is 42.5 Å². The molecule has 0 aromatic heterocycles. The lowest BCUT2D eigenvalue weighted by molar-refractivity contribution is -0.255. The Bertz CT molecular complexity index is 1120. The summed E-state index contributed by atoms with van der Waals surface area (Å²) in [6.07, 6.45) is 0.837. The highest BCUT2D eigenvalue weighted by Gasteiger charge is 2.20. The molecule has 0 radical (unpaired) electrons. The number of carbonyl (C=O) groups excluding carboxylic acids is 1. The van der Waals surface area contributed by atoms with Crippen LogP contribution in [0.25, 0.3) is 11.1 Å². The van der Waals surface area contributed by atoms with Crippen LogP contribution in [0, 0.1) is 0 Å². The number of sulfonamides is 1. The molecule has 0 unspecified atom stereocenters. The van der Waals surface area contributed by atoms with E-state index in [0.29, 0.717) is 5.69 Å². The topological polar surface area (TPSA) is 86.3 Å². The minimum absolute atomic E-state index is 0.0107. The molecule has 26 heavy (non-hydrogen) atoms. The van der Waals surface area contributed by atoms with Gasteiger partial charge in [0.05, 0.1) is 10.9 Å². The lowest BCUT2D eigenvalue weighted by Gasteiger charge is -2.11. The fourth-order valence-electron chi connectivity index (χ4n) is 3.17. The predicted octanol–water partition coefficient (Wildman–Crippen LogP) is 2.42. The lowest BCUT2D eigenvalue weighted by atomic mass is 10.1. The molecule has 5 nitrogen and oxygen atoms in total. The first-order valence-corrected chi connectivity index (χ1v) is 9.48. The molecule has 3 aromatic rings. The predicted molar refractivity (Wildman–Crippen MR) is 96.3 cm³/mol. The second-order valence-electron chi connectivity index (χ2n) is 6.12. The summed E-state index contributed by atoms with van der Waals surface area (Å²) in [6, 6.07) is 18.4. The molecule has 0 saturated carbocycles. The van der Waals surface area contributed by atoms with Gasteiger partial charge in [0.25, 0.3) is 10.0 Å². The van der Waals surface area contributed by atoms with Gasteiger partial charge < -0.3 is 9.90 Å². The monoisotopic (exact) mass is 364 g/mol. The van der Waals surface area contributed by atoms with Gasteiger partial charge in [-0.05, 0) is 58.5 Å². The van der Waals surface area contributed by atoms with E-state index in [4.69, 9.17) is 0 Å². The molecule has 6 heteroatoms. The molecule has 4 rings (SSSR count). The Morgan fingerprint density at radius 1 is 0.885 bits per heavy atom. The van der Waals surface area contributed by atoms with Gasteiger partial charge in [-0.3, -0.25) is 4.72 Å². The van der Waals surface area contributed by atoms with Crippen LogP contribution < -0.4 is 9.83 Å². The number of hydrogen-bond donors (Lipinski definition) is 1. The van der Waals surface area contributed by atoms with Gasteiger partial charge in [-0.2, -0.15) is 0 Å². The minimum Gasteiger partial charge on any atom is -0.545 e. The normalized spacial score (nSPS) is 12.3. The number of carbonyl (C=O) groups is 1. The van der Waals surface area contributed by atoms with Crippen molar-refractivity contribution < 1.29 is 18.3 Å². The van der Waals surface area contributed by atoms with Crippen LogP contribution >= 0.6 is 0 Å². The number of benzene rings is 3. The molecular weight excluding hydrogens is 350 g/mol. The van der Waals surface area contributed by atoms with Crippen molar-refractivity contribution in [2.75, 3.05) is 4.72 Å². The van der Waals surface area contributed by atoms with Crippen LogP contribution in [-0.4, -0.2) is 14.4 Å². The third kappa shape index (κ3) is 2.84. The first kappa shape index (κ1) is 16.4. The highest BCUT2D eigenvalue weighted by molar-refractivity contribution is 7.92. The quantitative estimate of drug-likeness (QED) is 0.602. The molecular formula is C20H14NO4S-. The summed E-state index contributed by atoms with van der Waals surface area (Å²) in [7, 11) is -3.81. The smallest absolute Gasteiger partial charge is 0.261 e. The molecule has 1 aliphatic carbocycles. The van der Waals surface area contributed by atoms with E-state index in [-0.39, 0.29) is 10.5 Å². The summed E-state index contributed by atoms with van der Waals surface area (Å²) < 4.78 is 27.7. The Morgan fingerprint density at radius 3 is 2.31 bits per heavy atom. The molecule has 0 bridgehead atoms. The van der Waals surface area contributed by atoms with Crippen LogP contribution in [0.3, 0.4) is 0 Å². The van der Waals surface area contributed by atoms with E-state index in [0.717, 1.165) is 23.1 Å². The van der Waals surface area contributed by atoms with Crippen molar-refractivity contribution >= 4 is 21.7 Å². The van der Waals surface area contributed by atoms with Gasteiger partial charge >= 0.3 is 0 Å². The number of nitrogens with one attached hydrogen (secondary N) is 1. The number of rotatable bonds is 4. The fraction of sp³-hybridized carbons (Fsp3) is 0.0500. The summed E-state index contributed by atoms with van der Waals surface area (Å²) >= 11 is 0. The van der Waals surface area contributed by atoms with Crippen molar-refractivity contribution in [3.63, 3.8) is 0 Å². The molecule has 1 aliphatic rings. The largest absolute Gasteiger partial charge is 0.545 e. The molecule has 0 saturated heterocycles. The second-order valence-corrected chi connectivity index (χ2v) is 7.81. The van der Waals surface area contributed by atoms with Crippen molar-refractivity contribution in [1.29, 1.82) is 0 Å². The van der Waals surface area contributed by atoms with E-state index in [1.807, 2.05) is 30.3 Å². The minimum atomic E-state index is -3.81. The molecule has 3 aromatic carbocycles. The summed E-state index contributed by atoms with van der Waals surface area (Å²) in [5.74, 6) is -1.35. The number of anilines is 1. The maximum absolute atomic E-state index is 12.6. The number of hydrogen-bond acceptors (Lipinski definition) is 4. The number of aromatic carboxylic acids is 1. The van der Waals surface area contributed by atoms with E-state index >= 15 is 0 Å². The van der Waals surface area contributed by atoms with Crippen molar-refractivity contribution in [3.05, 3.63) is 83.4 Å². The third-order valence-corrected chi connectivity index (χ3v) is 5.85. The molecule has 0 atom stereocenters. The van der Waals surface area contributed by atoms with Crippen LogP contribution in [0.1, 0.15) is 21.5 Å². The zero-order chi connectivity index (χ0) is 18.3. The van der Waals surface area contributed by atoms with Gasteiger partial charge in [0.2, 0.25) is 0 Å². The van der Waals surface area contributed by atoms with Gasteiger partial charge in [0, 0.05) is 5.69 Å². The summed E-state index contributed by atoms with van der Waals surface area (Å²) in [6.45, 7) is 0. The number of carboxylic acid groups (broad SMARTS) is 1. The van der Waals surface area contributed by atoms with Crippen LogP contribution in [0.2, 0.25) is 0 Å². The van der Waals surface area contributed by atoms with Crippen LogP contribution in [0.5, 0.6) is 0 Å². The Kier molecular flexibility index (Phi) is 3.77. The van der Waals surface area contributed by atoms with Gasteiger partial charge in [-0.25, -0.2) is 8.42 Å². The van der Waals surface area contributed by atoms with E-state index in [1.54, 1.807) is 6.07 Å². The maximum atomic E-state index is 12.6. The molecule has 0 aliphatic heterocycles. The molecule has 130 valence electrons. The first-order chi connectivity index (χ1) is 12.4. The van der Waals surface area contributed by atoms with Crippen LogP contribution in [0.4, 0.5) is 5.69 Å². The Labute approximate surface area is 151 Å². The average Bonchev–Trinajstić information content (AvgIpc) is 2.99. The standard InChI is InChI=1S/C20H15NO4S/c22-20(23)13-6-9-17(10-7-13)26(24,25)21-16-8-5-15-11-14-3-1-2-4-18(14)19(15)12-16/h1-10,12,21H,11H2,(H,22,23)/p-1. The van der Waals surface area contributed by atoms with E-state index in [1.165, 1.54) is 29.8 Å². The van der Waals surface area contributed by atoms with Gasteiger partial charge in [0.1, 0.15) is 0 Å².